The van der Waals surface area contributed by atoms with Crippen molar-refractivity contribution in [2.24, 2.45) is 7.05 Å². The molecule has 0 amide bonds. The molecule has 0 aliphatic carbocycles. The van der Waals surface area contributed by atoms with Crippen LogP contribution < -0.4 is 10.1 Å². The first kappa shape index (κ1) is 19.0. The van der Waals surface area contributed by atoms with E-state index in [4.69, 9.17) is 21.3 Å². The number of aryl methyl sites for hydroxylation is 1. The Kier molecular flexibility index (Phi) is 4.99. The standard InChI is InChI=1S/C23H20ClN3O2/c1-14-18(24)11-12-20(22(14)29-3)26-23-25-19-10-6-9-17(21(19)27(23)2)16-8-5-4-7-15(16)13-28/h4-13H,1-3H3,(H,25,26). The van der Waals surface area contributed by atoms with E-state index in [2.05, 4.69) is 5.32 Å². The molecular weight excluding hydrogens is 386 g/mol. The van der Waals surface area contributed by atoms with Gasteiger partial charge in [0, 0.05) is 28.8 Å². The molecule has 0 spiro atoms. The summed E-state index contributed by atoms with van der Waals surface area (Å²) in [6.45, 7) is 1.91. The van der Waals surface area contributed by atoms with Crippen molar-refractivity contribution >= 4 is 40.6 Å². The van der Waals surface area contributed by atoms with Gasteiger partial charge in [0.05, 0.1) is 23.8 Å². The number of benzene rings is 3. The van der Waals surface area contributed by atoms with E-state index >= 15 is 0 Å². The molecule has 0 unspecified atom stereocenters. The van der Waals surface area contributed by atoms with Crippen LogP contribution in [-0.2, 0) is 7.05 Å². The number of para-hydroxylation sites is 1. The number of methoxy groups -OCH3 is 1. The van der Waals surface area contributed by atoms with Crippen molar-refractivity contribution in [3.63, 3.8) is 0 Å². The van der Waals surface area contributed by atoms with E-state index in [9.17, 15) is 4.79 Å². The molecule has 1 heterocycles. The van der Waals surface area contributed by atoms with Crippen LogP contribution >= 0.6 is 11.6 Å². The summed E-state index contributed by atoms with van der Waals surface area (Å²) in [7, 11) is 3.56. The molecule has 1 aromatic heterocycles. The van der Waals surface area contributed by atoms with Crippen LogP contribution in [0, 0.1) is 6.92 Å². The van der Waals surface area contributed by atoms with Crippen molar-refractivity contribution in [2.75, 3.05) is 12.4 Å². The maximum absolute atomic E-state index is 11.5. The highest BCUT2D eigenvalue weighted by atomic mass is 35.5. The summed E-state index contributed by atoms with van der Waals surface area (Å²) in [5, 5.41) is 4.00. The van der Waals surface area contributed by atoms with Gasteiger partial charge in [-0.05, 0) is 30.7 Å². The molecule has 4 aromatic rings. The van der Waals surface area contributed by atoms with Crippen LogP contribution in [0.4, 0.5) is 11.6 Å². The minimum absolute atomic E-state index is 0.644. The van der Waals surface area contributed by atoms with Crippen LogP contribution in [0.3, 0.4) is 0 Å². The van der Waals surface area contributed by atoms with Crippen LogP contribution in [0.5, 0.6) is 5.75 Å². The predicted octanol–water partition coefficient (Wildman–Crippen LogP) is 5.77. The fourth-order valence-corrected chi connectivity index (χ4v) is 3.74. The molecule has 0 saturated heterocycles. The Bertz CT molecular complexity index is 1230. The highest BCUT2D eigenvalue weighted by Gasteiger charge is 2.17. The lowest BCUT2D eigenvalue weighted by Gasteiger charge is -2.14. The van der Waals surface area contributed by atoms with Crippen LogP contribution in [0.25, 0.3) is 22.2 Å². The van der Waals surface area contributed by atoms with Crippen LogP contribution in [0.2, 0.25) is 5.02 Å². The second-order valence-corrected chi connectivity index (χ2v) is 7.16. The van der Waals surface area contributed by atoms with E-state index in [0.29, 0.717) is 22.3 Å². The van der Waals surface area contributed by atoms with Crippen molar-refractivity contribution in [1.29, 1.82) is 0 Å². The van der Waals surface area contributed by atoms with Crippen molar-refractivity contribution in [1.82, 2.24) is 9.55 Å². The molecule has 5 nitrogen and oxygen atoms in total. The van der Waals surface area contributed by atoms with E-state index in [-0.39, 0.29) is 0 Å². The fourth-order valence-electron chi connectivity index (χ4n) is 3.59. The first-order valence-corrected chi connectivity index (χ1v) is 9.53. The molecule has 3 aromatic carbocycles. The molecule has 29 heavy (non-hydrogen) atoms. The number of fused-ring (bicyclic) bond motifs is 1. The number of nitrogens with zero attached hydrogens (tertiary/aromatic N) is 2. The minimum Gasteiger partial charge on any atom is -0.494 e. The SMILES string of the molecule is COc1c(Nc2nc3cccc(-c4ccccc4C=O)c3n2C)ccc(Cl)c1C. The van der Waals surface area contributed by atoms with Crippen molar-refractivity contribution in [3.8, 4) is 16.9 Å². The first-order valence-electron chi connectivity index (χ1n) is 9.15. The molecule has 146 valence electrons. The normalized spacial score (nSPS) is 10.9. The van der Waals surface area contributed by atoms with Gasteiger partial charge < -0.3 is 14.6 Å². The maximum atomic E-state index is 11.5. The lowest BCUT2D eigenvalue weighted by Crippen LogP contribution is -2.02. The summed E-state index contributed by atoms with van der Waals surface area (Å²) in [5.41, 5.74) is 5.88. The number of carbonyl (C=O) groups is 1. The zero-order valence-corrected chi connectivity index (χ0v) is 17.1. The molecule has 0 bridgehead atoms. The Morgan fingerprint density at radius 2 is 1.83 bits per heavy atom. The monoisotopic (exact) mass is 405 g/mol. The van der Waals surface area contributed by atoms with Crippen molar-refractivity contribution in [2.45, 2.75) is 6.92 Å². The van der Waals surface area contributed by atoms with Gasteiger partial charge in [-0.3, -0.25) is 4.79 Å². The largest absolute Gasteiger partial charge is 0.494 e. The topological polar surface area (TPSA) is 56.1 Å². The number of aldehydes is 1. The maximum Gasteiger partial charge on any atom is 0.208 e. The number of anilines is 2. The summed E-state index contributed by atoms with van der Waals surface area (Å²) in [4.78, 5) is 16.3. The van der Waals surface area contributed by atoms with E-state index in [1.807, 2.05) is 73.1 Å². The van der Waals surface area contributed by atoms with Gasteiger partial charge in [-0.25, -0.2) is 4.98 Å². The number of carbonyl (C=O) groups excluding carboxylic acids is 1. The number of nitrogens with one attached hydrogen (secondary N) is 1. The van der Waals surface area contributed by atoms with E-state index < -0.39 is 0 Å². The van der Waals surface area contributed by atoms with Gasteiger partial charge in [0.15, 0.2) is 6.29 Å². The summed E-state index contributed by atoms with van der Waals surface area (Å²) < 4.78 is 7.53. The smallest absolute Gasteiger partial charge is 0.208 e. The fraction of sp³-hybridized carbons (Fsp3) is 0.130. The number of hydrogen-bond acceptors (Lipinski definition) is 4. The van der Waals surface area contributed by atoms with Gasteiger partial charge in [-0.2, -0.15) is 0 Å². The predicted molar refractivity (Wildman–Crippen MR) is 118 cm³/mol. The number of ether oxygens (including phenoxy) is 1. The highest BCUT2D eigenvalue weighted by molar-refractivity contribution is 6.31. The lowest BCUT2D eigenvalue weighted by molar-refractivity contribution is 0.112. The second kappa shape index (κ2) is 7.60. The number of aromatic nitrogens is 2. The third kappa shape index (κ3) is 3.23. The van der Waals surface area contributed by atoms with Crippen LogP contribution in [0.1, 0.15) is 15.9 Å². The van der Waals surface area contributed by atoms with Crippen LogP contribution in [0.15, 0.2) is 54.6 Å². The quantitative estimate of drug-likeness (QED) is 0.428. The Balaban J connectivity index is 1.87. The third-order valence-corrected chi connectivity index (χ3v) is 5.47. The summed E-state index contributed by atoms with van der Waals surface area (Å²) in [6, 6.07) is 17.2. The van der Waals surface area contributed by atoms with Gasteiger partial charge >= 0.3 is 0 Å². The third-order valence-electron chi connectivity index (χ3n) is 5.06. The molecule has 6 heteroatoms. The van der Waals surface area contributed by atoms with Gasteiger partial charge in [0.25, 0.3) is 0 Å². The highest BCUT2D eigenvalue weighted by Crippen LogP contribution is 2.37. The average molecular weight is 406 g/mol. The summed E-state index contributed by atoms with van der Waals surface area (Å²) in [5.74, 6) is 1.34. The van der Waals surface area contributed by atoms with Crippen LogP contribution in [-0.4, -0.2) is 22.9 Å². The first-order chi connectivity index (χ1) is 14.0. The number of hydrogen-bond donors (Lipinski definition) is 1. The van der Waals surface area contributed by atoms with E-state index in [1.165, 1.54) is 0 Å². The second-order valence-electron chi connectivity index (χ2n) is 6.75. The zero-order chi connectivity index (χ0) is 20.5. The molecule has 0 aliphatic heterocycles. The number of rotatable bonds is 5. The molecule has 0 atom stereocenters. The van der Waals surface area contributed by atoms with Crippen molar-refractivity contribution < 1.29 is 9.53 Å². The Morgan fingerprint density at radius 1 is 1.07 bits per heavy atom. The summed E-state index contributed by atoms with van der Waals surface area (Å²) in [6.07, 6.45) is 0.880. The lowest BCUT2D eigenvalue weighted by atomic mass is 9.99. The van der Waals surface area contributed by atoms with Crippen molar-refractivity contribution in [3.05, 3.63) is 70.7 Å². The van der Waals surface area contributed by atoms with E-state index in [1.54, 1.807) is 7.11 Å². The molecule has 0 aliphatic rings. The molecule has 0 saturated carbocycles. The molecule has 0 radical (unpaired) electrons. The van der Waals surface area contributed by atoms with Gasteiger partial charge in [0.1, 0.15) is 5.75 Å². The Hall–Kier alpha value is -3.31. The van der Waals surface area contributed by atoms with Gasteiger partial charge in [-0.1, -0.05) is 48.0 Å². The molecule has 1 N–H and O–H groups in total. The number of halogens is 1. The van der Waals surface area contributed by atoms with Gasteiger partial charge in [0.2, 0.25) is 5.95 Å². The van der Waals surface area contributed by atoms with Gasteiger partial charge in [-0.15, -0.1) is 0 Å². The Morgan fingerprint density at radius 3 is 2.59 bits per heavy atom. The summed E-state index contributed by atoms with van der Waals surface area (Å²) >= 11 is 6.22. The molecular formula is C23H20ClN3O2. The molecule has 4 rings (SSSR count). The minimum atomic E-state index is 0.644. The zero-order valence-electron chi connectivity index (χ0n) is 16.4. The molecule has 0 fully saturated rings. The Labute approximate surface area is 173 Å². The van der Waals surface area contributed by atoms with E-state index in [0.717, 1.165) is 39.7 Å². The number of imidazole rings is 1. The average Bonchev–Trinajstić information content (AvgIpc) is 3.06.